The summed E-state index contributed by atoms with van der Waals surface area (Å²) in [7, 11) is 0. The Kier molecular flexibility index (Phi) is 5.26. The summed E-state index contributed by atoms with van der Waals surface area (Å²) in [4.78, 5) is 2.43. The van der Waals surface area contributed by atoms with Crippen molar-refractivity contribution in [2.75, 3.05) is 4.90 Å². The van der Waals surface area contributed by atoms with Crippen LogP contribution in [0.25, 0.3) is 71.3 Å². The van der Waals surface area contributed by atoms with Gasteiger partial charge in [0.05, 0.1) is 0 Å². The Morgan fingerprint density at radius 2 is 0.818 bits per heavy atom. The van der Waals surface area contributed by atoms with Gasteiger partial charge in [-0.3, -0.25) is 0 Å². The highest BCUT2D eigenvalue weighted by molar-refractivity contribution is 7.27. The fourth-order valence-electron chi connectivity index (χ4n) is 6.79. The molecular formula is C40H23NS3. The summed E-state index contributed by atoms with van der Waals surface area (Å²) in [5.74, 6) is 0. The third-order valence-electron chi connectivity index (χ3n) is 8.84. The normalized spacial score (nSPS) is 12.1. The Morgan fingerprint density at radius 1 is 0.318 bits per heavy atom. The van der Waals surface area contributed by atoms with Crippen LogP contribution in [-0.4, -0.2) is 0 Å². The molecule has 0 unspecified atom stereocenters. The lowest BCUT2D eigenvalue weighted by molar-refractivity contribution is 1.30. The molecule has 1 nitrogen and oxygen atoms in total. The van der Waals surface area contributed by atoms with E-state index in [1.54, 1.807) is 0 Å². The molecule has 0 saturated carbocycles. The predicted octanol–water partition coefficient (Wildman–Crippen LogP) is 13.4. The van der Waals surface area contributed by atoms with E-state index in [1.165, 1.54) is 82.7 Å². The Hall–Kier alpha value is -4.74. The molecule has 7 aromatic carbocycles. The average molecular weight is 614 g/mol. The van der Waals surface area contributed by atoms with Gasteiger partial charge in [-0.05, 0) is 71.4 Å². The second-order valence-corrected chi connectivity index (χ2v) is 14.6. The van der Waals surface area contributed by atoms with E-state index in [0.717, 1.165) is 5.69 Å². The fourth-order valence-corrected chi connectivity index (χ4v) is 10.3. The van der Waals surface area contributed by atoms with Crippen LogP contribution < -0.4 is 4.90 Å². The van der Waals surface area contributed by atoms with Crippen LogP contribution in [-0.2, 0) is 0 Å². The lowest BCUT2D eigenvalue weighted by Gasteiger charge is -2.26. The van der Waals surface area contributed by atoms with E-state index < -0.39 is 0 Å². The summed E-state index contributed by atoms with van der Waals surface area (Å²) in [5, 5.41) is 10.5. The van der Waals surface area contributed by atoms with Gasteiger partial charge in [0.1, 0.15) is 0 Å². The Morgan fingerprint density at radius 3 is 1.59 bits per heavy atom. The van der Waals surface area contributed by atoms with E-state index in [1.807, 2.05) is 34.0 Å². The molecule has 0 aliphatic heterocycles. The molecule has 10 rings (SSSR count). The summed E-state index contributed by atoms with van der Waals surface area (Å²) in [5.41, 5.74) is 3.51. The number of hydrogen-bond acceptors (Lipinski definition) is 4. The van der Waals surface area contributed by atoms with E-state index in [4.69, 9.17) is 0 Å². The Labute approximate surface area is 265 Å². The lowest BCUT2D eigenvalue weighted by atomic mass is 10.0. The summed E-state index contributed by atoms with van der Waals surface area (Å²) < 4.78 is 7.99. The van der Waals surface area contributed by atoms with Crippen LogP contribution in [0.5, 0.6) is 0 Å². The van der Waals surface area contributed by atoms with E-state index >= 15 is 0 Å². The van der Waals surface area contributed by atoms with Gasteiger partial charge in [-0.25, -0.2) is 0 Å². The zero-order chi connectivity index (χ0) is 28.8. The minimum Gasteiger partial charge on any atom is -0.310 e. The molecule has 206 valence electrons. The van der Waals surface area contributed by atoms with Crippen LogP contribution >= 0.6 is 34.0 Å². The van der Waals surface area contributed by atoms with Crippen LogP contribution in [0.15, 0.2) is 140 Å². The molecule has 10 aromatic rings. The number of benzene rings is 7. The van der Waals surface area contributed by atoms with Crippen LogP contribution in [0.2, 0.25) is 0 Å². The molecule has 0 spiro atoms. The number of fused-ring (bicyclic) bond motifs is 11. The molecular weight excluding hydrogens is 591 g/mol. The van der Waals surface area contributed by atoms with Crippen molar-refractivity contribution >= 4 is 122 Å². The number of rotatable bonds is 3. The maximum atomic E-state index is 2.43. The first-order valence-electron chi connectivity index (χ1n) is 14.8. The molecule has 3 aromatic heterocycles. The maximum absolute atomic E-state index is 2.43. The first-order valence-corrected chi connectivity index (χ1v) is 17.2. The molecule has 3 heterocycles. The molecule has 0 radical (unpaired) electrons. The van der Waals surface area contributed by atoms with Crippen LogP contribution in [0.4, 0.5) is 17.1 Å². The zero-order valence-corrected chi connectivity index (χ0v) is 25.9. The molecule has 0 aliphatic carbocycles. The van der Waals surface area contributed by atoms with Crippen molar-refractivity contribution in [1.82, 2.24) is 0 Å². The fraction of sp³-hybridized carbons (Fsp3) is 0. The van der Waals surface area contributed by atoms with Crippen molar-refractivity contribution in [2.24, 2.45) is 0 Å². The summed E-state index contributed by atoms with van der Waals surface area (Å²) >= 11 is 5.63. The van der Waals surface area contributed by atoms with E-state index in [2.05, 4.69) is 144 Å². The molecule has 0 N–H and O–H groups in total. The SMILES string of the molecule is c1ccc2c(c1)sc1cc(N(c3ccc4c(ccc5c6ccccc6sc45)c3)c3ccc4sc5ccccc5c4c3)ccc12. The van der Waals surface area contributed by atoms with Gasteiger partial charge < -0.3 is 4.90 Å². The minimum atomic E-state index is 1.16. The second-order valence-electron chi connectivity index (χ2n) is 11.3. The first-order chi connectivity index (χ1) is 21.8. The number of nitrogens with zero attached hydrogens (tertiary/aromatic N) is 1. The first kappa shape index (κ1) is 24.7. The quantitative estimate of drug-likeness (QED) is 0.192. The van der Waals surface area contributed by atoms with Gasteiger partial charge in [-0.2, -0.15) is 0 Å². The van der Waals surface area contributed by atoms with Crippen LogP contribution in [0, 0.1) is 0 Å². The Balaban J connectivity index is 1.21. The van der Waals surface area contributed by atoms with Gasteiger partial charge in [-0.15, -0.1) is 34.0 Å². The summed E-state index contributed by atoms with van der Waals surface area (Å²) in [6.45, 7) is 0. The number of hydrogen-bond donors (Lipinski definition) is 0. The molecule has 44 heavy (non-hydrogen) atoms. The number of thiophene rings is 3. The summed E-state index contributed by atoms with van der Waals surface area (Å²) in [6, 6.07) is 51.7. The van der Waals surface area contributed by atoms with Gasteiger partial charge >= 0.3 is 0 Å². The largest absolute Gasteiger partial charge is 0.310 e. The second kappa shape index (κ2) is 9.38. The highest BCUT2D eigenvalue weighted by Crippen LogP contribution is 2.45. The van der Waals surface area contributed by atoms with Crippen molar-refractivity contribution in [2.45, 2.75) is 0 Å². The molecule has 0 saturated heterocycles. The minimum absolute atomic E-state index is 1.16. The van der Waals surface area contributed by atoms with Crippen molar-refractivity contribution < 1.29 is 0 Å². The van der Waals surface area contributed by atoms with Gasteiger partial charge in [0.15, 0.2) is 0 Å². The standard InChI is InChI=1S/C40H23NS3/c1-4-10-35-29(7-1)32-19-15-27(23-39(32)43-35)41(26-16-20-38-34(22-26)31-9-3-5-11-36(31)42-38)25-14-18-28-24(21-25)13-17-33-30-8-2-6-12-37(30)44-40(28)33/h1-23H. The van der Waals surface area contributed by atoms with E-state index in [9.17, 15) is 0 Å². The predicted molar refractivity (Wildman–Crippen MR) is 197 cm³/mol. The van der Waals surface area contributed by atoms with Crippen molar-refractivity contribution in [3.63, 3.8) is 0 Å². The molecule has 0 atom stereocenters. The average Bonchev–Trinajstić information content (AvgIpc) is 3.75. The van der Waals surface area contributed by atoms with Gasteiger partial charge in [0.2, 0.25) is 0 Å². The molecule has 4 heteroatoms. The van der Waals surface area contributed by atoms with Gasteiger partial charge in [0, 0.05) is 77.6 Å². The Bertz CT molecular complexity index is 2740. The summed E-state index contributed by atoms with van der Waals surface area (Å²) in [6.07, 6.45) is 0. The zero-order valence-electron chi connectivity index (χ0n) is 23.5. The topological polar surface area (TPSA) is 3.24 Å². The third-order valence-corrected chi connectivity index (χ3v) is 12.3. The molecule has 0 amide bonds. The van der Waals surface area contributed by atoms with E-state index in [-0.39, 0.29) is 0 Å². The maximum Gasteiger partial charge on any atom is 0.0476 e. The highest BCUT2D eigenvalue weighted by Gasteiger charge is 2.18. The molecule has 0 aliphatic rings. The molecule has 0 bridgehead atoms. The smallest absolute Gasteiger partial charge is 0.0476 e. The van der Waals surface area contributed by atoms with Crippen molar-refractivity contribution in [1.29, 1.82) is 0 Å². The van der Waals surface area contributed by atoms with E-state index in [0.29, 0.717) is 0 Å². The third kappa shape index (κ3) is 3.62. The monoisotopic (exact) mass is 613 g/mol. The number of anilines is 3. The highest BCUT2D eigenvalue weighted by atomic mass is 32.1. The van der Waals surface area contributed by atoms with Gasteiger partial charge in [0.25, 0.3) is 0 Å². The molecule has 0 fully saturated rings. The van der Waals surface area contributed by atoms with Gasteiger partial charge in [-0.1, -0.05) is 78.9 Å². The van der Waals surface area contributed by atoms with Crippen molar-refractivity contribution in [3.8, 4) is 0 Å². The van der Waals surface area contributed by atoms with Crippen molar-refractivity contribution in [3.05, 3.63) is 140 Å². The van der Waals surface area contributed by atoms with Crippen LogP contribution in [0.1, 0.15) is 0 Å². The lowest BCUT2D eigenvalue weighted by Crippen LogP contribution is -2.09. The van der Waals surface area contributed by atoms with Crippen LogP contribution in [0.3, 0.4) is 0 Å².